The zero-order valence-corrected chi connectivity index (χ0v) is 15.7. The Morgan fingerprint density at radius 2 is 2.21 bits per heavy atom. The molecule has 0 bridgehead atoms. The summed E-state index contributed by atoms with van der Waals surface area (Å²) in [6.45, 7) is 7.38. The van der Waals surface area contributed by atoms with Gasteiger partial charge in [-0.15, -0.1) is 0 Å². The Labute approximate surface area is 149 Å². The highest BCUT2D eigenvalue weighted by Gasteiger charge is 2.09. The lowest BCUT2D eigenvalue weighted by Crippen LogP contribution is -2.38. The van der Waals surface area contributed by atoms with E-state index in [0.29, 0.717) is 0 Å². The van der Waals surface area contributed by atoms with E-state index < -0.39 is 0 Å². The molecule has 2 aromatic heterocycles. The summed E-state index contributed by atoms with van der Waals surface area (Å²) >= 11 is 6.06. The lowest BCUT2D eigenvalue weighted by atomic mass is 10.4. The molecule has 0 aliphatic heterocycles. The van der Waals surface area contributed by atoms with Gasteiger partial charge in [0, 0.05) is 51.8 Å². The molecular formula is C17H27ClN6. The van der Waals surface area contributed by atoms with Gasteiger partial charge in [-0.05, 0) is 31.9 Å². The van der Waals surface area contributed by atoms with Gasteiger partial charge in [0.05, 0.1) is 17.8 Å². The van der Waals surface area contributed by atoms with E-state index in [-0.39, 0.29) is 0 Å². The average molecular weight is 351 g/mol. The van der Waals surface area contributed by atoms with Gasteiger partial charge in [-0.2, -0.15) is 5.10 Å². The molecule has 2 heterocycles. The van der Waals surface area contributed by atoms with E-state index in [2.05, 4.69) is 35.4 Å². The number of hydrogen-bond acceptors (Lipinski definition) is 2. The number of nitrogens with one attached hydrogen (secondary N) is 1. The number of halogens is 1. The van der Waals surface area contributed by atoms with Crippen molar-refractivity contribution in [2.24, 2.45) is 12.0 Å². The fraction of sp³-hybridized carbons (Fsp3) is 0.529. The summed E-state index contributed by atoms with van der Waals surface area (Å²) in [4.78, 5) is 6.83. The number of aryl methyl sites for hydroxylation is 3. The fourth-order valence-electron chi connectivity index (χ4n) is 2.52. The second-order valence-electron chi connectivity index (χ2n) is 5.99. The van der Waals surface area contributed by atoms with Crippen LogP contribution in [-0.2, 0) is 20.1 Å². The number of aromatic nitrogens is 3. The minimum Gasteiger partial charge on any atom is -0.357 e. The highest BCUT2D eigenvalue weighted by Crippen LogP contribution is 2.14. The zero-order valence-electron chi connectivity index (χ0n) is 15.0. The molecule has 0 saturated heterocycles. The molecular weight excluding hydrogens is 324 g/mol. The summed E-state index contributed by atoms with van der Waals surface area (Å²) in [7, 11) is 4.05. The molecule has 0 amide bonds. The van der Waals surface area contributed by atoms with Gasteiger partial charge in [-0.1, -0.05) is 11.6 Å². The third kappa shape index (κ3) is 5.30. The second kappa shape index (κ2) is 8.78. The molecule has 0 atom stereocenters. The summed E-state index contributed by atoms with van der Waals surface area (Å²) in [5, 5.41) is 8.40. The molecule has 2 rings (SSSR count). The number of nitrogens with zero attached hydrogens (tertiary/aromatic N) is 5. The molecule has 0 aromatic carbocycles. The summed E-state index contributed by atoms with van der Waals surface area (Å²) in [5.74, 6) is 0.909. The molecule has 0 aliphatic rings. The summed E-state index contributed by atoms with van der Waals surface area (Å²) in [6, 6.07) is 1.99. The molecule has 132 valence electrons. The maximum atomic E-state index is 6.06. The quantitative estimate of drug-likeness (QED) is 0.474. The van der Waals surface area contributed by atoms with E-state index in [1.807, 2.05) is 41.8 Å². The van der Waals surface area contributed by atoms with E-state index in [0.717, 1.165) is 49.3 Å². The van der Waals surface area contributed by atoms with Crippen LogP contribution in [0.2, 0.25) is 5.02 Å². The van der Waals surface area contributed by atoms with Gasteiger partial charge < -0.3 is 14.8 Å². The summed E-state index contributed by atoms with van der Waals surface area (Å²) < 4.78 is 4.01. The molecule has 0 aliphatic carbocycles. The Hall–Kier alpha value is -1.95. The van der Waals surface area contributed by atoms with Crippen LogP contribution < -0.4 is 5.32 Å². The Bertz CT molecular complexity index is 672. The molecule has 24 heavy (non-hydrogen) atoms. The van der Waals surface area contributed by atoms with Crippen LogP contribution in [0.1, 0.15) is 24.6 Å². The molecule has 0 radical (unpaired) electrons. The lowest BCUT2D eigenvalue weighted by Gasteiger charge is -2.22. The average Bonchev–Trinajstić information content (AvgIpc) is 3.07. The molecule has 0 spiro atoms. The molecule has 0 fully saturated rings. The van der Waals surface area contributed by atoms with Gasteiger partial charge >= 0.3 is 0 Å². The molecule has 0 saturated carbocycles. The minimum atomic E-state index is 0.757. The van der Waals surface area contributed by atoms with Crippen LogP contribution in [0.15, 0.2) is 29.6 Å². The van der Waals surface area contributed by atoms with Crippen LogP contribution in [0, 0.1) is 6.92 Å². The minimum absolute atomic E-state index is 0.757. The highest BCUT2D eigenvalue weighted by atomic mass is 35.5. The third-order valence-electron chi connectivity index (χ3n) is 3.74. The summed E-state index contributed by atoms with van der Waals surface area (Å²) in [5.41, 5.74) is 2.34. The van der Waals surface area contributed by atoms with Crippen molar-refractivity contribution < 1.29 is 0 Å². The van der Waals surface area contributed by atoms with Gasteiger partial charge in [0.2, 0.25) is 0 Å². The Balaban J connectivity index is 1.90. The van der Waals surface area contributed by atoms with Crippen molar-refractivity contribution in [2.75, 3.05) is 20.1 Å². The maximum Gasteiger partial charge on any atom is 0.194 e. The van der Waals surface area contributed by atoms with Gasteiger partial charge in [-0.3, -0.25) is 9.67 Å². The summed E-state index contributed by atoms with van der Waals surface area (Å²) in [6.07, 6.45) is 6.81. The van der Waals surface area contributed by atoms with Crippen molar-refractivity contribution in [3.8, 4) is 0 Å². The van der Waals surface area contributed by atoms with Crippen LogP contribution in [0.4, 0.5) is 0 Å². The third-order valence-corrected chi connectivity index (χ3v) is 3.95. The lowest BCUT2D eigenvalue weighted by molar-refractivity contribution is 0.460. The van der Waals surface area contributed by atoms with Crippen LogP contribution in [-0.4, -0.2) is 45.3 Å². The van der Waals surface area contributed by atoms with Crippen molar-refractivity contribution in [3.63, 3.8) is 0 Å². The molecule has 6 nitrogen and oxygen atoms in total. The first kappa shape index (κ1) is 18.4. The molecule has 1 N–H and O–H groups in total. The Kier molecular flexibility index (Phi) is 6.73. The van der Waals surface area contributed by atoms with Gasteiger partial charge in [0.1, 0.15) is 0 Å². The molecule has 2 aromatic rings. The van der Waals surface area contributed by atoms with E-state index in [4.69, 9.17) is 16.6 Å². The first-order valence-electron chi connectivity index (χ1n) is 8.29. The second-order valence-corrected chi connectivity index (χ2v) is 6.42. The van der Waals surface area contributed by atoms with Gasteiger partial charge in [-0.25, -0.2) is 0 Å². The van der Waals surface area contributed by atoms with Gasteiger partial charge in [0.25, 0.3) is 0 Å². The zero-order chi connectivity index (χ0) is 17.5. The van der Waals surface area contributed by atoms with Crippen LogP contribution in [0.25, 0.3) is 0 Å². The first-order valence-corrected chi connectivity index (χ1v) is 8.66. The Morgan fingerprint density at radius 3 is 2.79 bits per heavy atom. The van der Waals surface area contributed by atoms with Gasteiger partial charge in [0.15, 0.2) is 5.96 Å². The van der Waals surface area contributed by atoms with Crippen molar-refractivity contribution >= 4 is 17.6 Å². The Morgan fingerprint density at radius 1 is 1.42 bits per heavy atom. The van der Waals surface area contributed by atoms with Crippen LogP contribution >= 0.6 is 11.6 Å². The van der Waals surface area contributed by atoms with Crippen molar-refractivity contribution in [1.29, 1.82) is 0 Å². The smallest absolute Gasteiger partial charge is 0.194 e. The largest absolute Gasteiger partial charge is 0.357 e. The van der Waals surface area contributed by atoms with E-state index >= 15 is 0 Å². The van der Waals surface area contributed by atoms with Crippen molar-refractivity contribution in [2.45, 2.75) is 33.4 Å². The van der Waals surface area contributed by atoms with Crippen molar-refractivity contribution in [3.05, 3.63) is 40.9 Å². The van der Waals surface area contributed by atoms with E-state index in [1.165, 1.54) is 5.56 Å². The normalized spacial score (nSPS) is 11.8. The fourth-order valence-corrected chi connectivity index (χ4v) is 2.79. The van der Waals surface area contributed by atoms with E-state index in [9.17, 15) is 0 Å². The first-order chi connectivity index (χ1) is 11.5. The monoisotopic (exact) mass is 350 g/mol. The number of hydrogen-bond donors (Lipinski definition) is 1. The molecule has 0 unspecified atom stereocenters. The number of aliphatic imine (C=N–C) groups is 1. The SMILES string of the molecule is CCNC(=NCCCn1cc(C)cn1)N(C)Cc1cc(Cl)cn1C. The highest BCUT2D eigenvalue weighted by molar-refractivity contribution is 6.30. The van der Waals surface area contributed by atoms with Crippen molar-refractivity contribution in [1.82, 2.24) is 24.6 Å². The molecule has 7 heteroatoms. The topological polar surface area (TPSA) is 50.4 Å². The maximum absolute atomic E-state index is 6.06. The van der Waals surface area contributed by atoms with Crippen LogP contribution in [0.5, 0.6) is 0 Å². The predicted octanol–water partition coefficient (Wildman–Crippen LogP) is 2.67. The number of guanidine groups is 1. The predicted molar refractivity (Wildman–Crippen MR) is 99.4 cm³/mol. The number of rotatable bonds is 7. The van der Waals surface area contributed by atoms with E-state index in [1.54, 1.807) is 0 Å². The standard InChI is InChI=1S/C17H27ClN6/c1-5-19-17(20-7-6-8-24-11-14(2)10-21-24)23(4)13-16-9-15(18)12-22(16)3/h9-12H,5-8,13H2,1-4H3,(H,19,20). The van der Waals surface area contributed by atoms with Crippen LogP contribution in [0.3, 0.4) is 0 Å².